The molecular weight excluding hydrogens is 338 g/mol. The lowest BCUT2D eigenvalue weighted by atomic mass is 9.43. The number of nitrogens with zero attached hydrogens (tertiary/aromatic N) is 1. The molecule has 27 heavy (non-hydrogen) atoms. The van der Waals surface area contributed by atoms with E-state index in [0.717, 1.165) is 19.3 Å². The number of benzene rings is 1. The van der Waals surface area contributed by atoms with Crippen molar-refractivity contribution in [2.24, 2.45) is 17.3 Å². The number of carbonyl (C=O) groups excluding carboxylic acids is 2. The molecule has 0 saturated heterocycles. The molecule has 4 aliphatic rings. The van der Waals surface area contributed by atoms with Crippen LogP contribution in [0.2, 0.25) is 0 Å². The molecule has 0 aliphatic heterocycles. The van der Waals surface area contributed by atoms with Crippen molar-refractivity contribution in [3.8, 4) is 0 Å². The minimum atomic E-state index is -0.392. The molecule has 1 amide bonds. The van der Waals surface area contributed by atoms with E-state index in [1.54, 1.807) is 11.9 Å². The summed E-state index contributed by atoms with van der Waals surface area (Å²) in [6, 6.07) is 10.8. The summed E-state index contributed by atoms with van der Waals surface area (Å²) in [5.74, 6) is 0.948. The largest absolute Gasteiger partial charge is 0.455 e. The Bertz CT molecular complexity index is 712. The molecular formula is C23H31NO3. The van der Waals surface area contributed by atoms with Gasteiger partial charge in [0.25, 0.3) is 5.91 Å². The van der Waals surface area contributed by atoms with E-state index in [4.69, 9.17) is 4.74 Å². The van der Waals surface area contributed by atoms with E-state index >= 15 is 0 Å². The maximum absolute atomic E-state index is 13.2. The summed E-state index contributed by atoms with van der Waals surface area (Å²) >= 11 is 0. The molecule has 0 radical (unpaired) electrons. The highest BCUT2D eigenvalue weighted by Crippen LogP contribution is 2.66. The average molecular weight is 370 g/mol. The van der Waals surface area contributed by atoms with Crippen molar-refractivity contribution in [2.45, 2.75) is 63.8 Å². The number of amides is 1. The highest BCUT2D eigenvalue weighted by atomic mass is 16.5. The van der Waals surface area contributed by atoms with E-state index in [9.17, 15) is 9.59 Å². The topological polar surface area (TPSA) is 46.6 Å². The Balaban J connectivity index is 1.53. The number of hydrogen-bond donors (Lipinski definition) is 0. The molecule has 0 heterocycles. The fourth-order valence-corrected chi connectivity index (χ4v) is 6.30. The van der Waals surface area contributed by atoms with Crippen LogP contribution in [-0.4, -0.2) is 36.5 Å². The van der Waals surface area contributed by atoms with E-state index in [0.29, 0.717) is 11.8 Å². The van der Waals surface area contributed by atoms with Crippen LogP contribution in [0.5, 0.6) is 0 Å². The van der Waals surface area contributed by atoms with Gasteiger partial charge in [-0.05, 0) is 75.2 Å². The standard InChI is InChI=1S/C23H31NO3/c1-16(2)24(3)20(25)14-27-21(26)23-12-17-9-18(13-23)11-22(10-17,15-23)19-7-5-4-6-8-19/h4-8,16-18H,9-15H2,1-3H3/t17-,18+,22?,23?. The van der Waals surface area contributed by atoms with Gasteiger partial charge in [-0.25, -0.2) is 0 Å². The molecule has 5 rings (SSSR count). The zero-order valence-corrected chi connectivity index (χ0v) is 16.7. The first kappa shape index (κ1) is 18.5. The molecule has 0 spiro atoms. The first-order chi connectivity index (χ1) is 12.8. The van der Waals surface area contributed by atoms with Gasteiger partial charge >= 0.3 is 5.97 Å². The smallest absolute Gasteiger partial charge is 0.312 e. The fourth-order valence-electron chi connectivity index (χ4n) is 6.30. The summed E-state index contributed by atoms with van der Waals surface area (Å²) in [7, 11) is 1.76. The van der Waals surface area contributed by atoms with Crippen molar-refractivity contribution >= 4 is 11.9 Å². The number of rotatable bonds is 5. The van der Waals surface area contributed by atoms with Gasteiger partial charge in [0.05, 0.1) is 5.41 Å². The Labute approximate surface area is 162 Å². The summed E-state index contributed by atoms with van der Waals surface area (Å²) < 4.78 is 5.61. The van der Waals surface area contributed by atoms with Crippen molar-refractivity contribution in [2.75, 3.05) is 13.7 Å². The minimum Gasteiger partial charge on any atom is -0.455 e. The zero-order chi connectivity index (χ0) is 19.2. The van der Waals surface area contributed by atoms with Crippen LogP contribution in [0.4, 0.5) is 0 Å². The van der Waals surface area contributed by atoms with Crippen LogP contribution in [0.1, 0.15) is 57.9 Å². The van der Waals surface area contributed by atoms with Gasteiger partial charge in [0.1, 0.15) is 0 Å². The SMILES string of the molecule is CC(C)N(C)C(=O)COC(=O)C12C[C@H]3C[C@@H](C1)CC(c1ccccc1)(C3)C2. The molecule has 4 bridgehead atoms. The number of hydrogen-bond acceptors (Lipinski definition) is 3. The summed E-state index contributed by atoms with van der Waals surface area (Å²) in [6.07, 6.45) is 6.38. The predicted molar refractivity (Wildman–Crippen MR) is 104 cm³/mol. The van der Waals surface area contributed by atoms with Gasteiger partial charge in [-0.3, -0.25) is 9.59 Å². The summed E-state index contributed by atoms with van der Waals surface area (Å²) in [4.78, 5) is 27.1. The lowest BCUT2D eigenvalue weighted by molar-refractivity contribution is -0.176. The van der Waals surface area contributed by atoms with Gasteiger partial charge < -0.3 is 9.64 Å². The molecule has 1 aromatic rings. The van der Waals surface area contributed by atoms with E-state index in [1.165, 1.54) is 24.8 Å². The van der Waals surface area contributed by atoms with Crippen LogP contribution >= 0.6 is 0 Å². The van der Waals surface area contributed by atoms with Gasteiger partial charge in [-0.15, -0.1) is 0 Å². The van der Waals surface area contributed by atoms with Gasteiger partial charge in [-0.1, -0.05) is 30.3 Å². The molecule has 0 aromatic heterocycles. The Morgan fingerprint density at radius 1 is 1.11 bits per heavy atom. The van der Waals surface area contributed by atoms with Gasteiger partial charge in [-0.2, -0.15) is 0 Å². The predicted octanol–water partition coefficient (Wildman–Crippen LogP) is 3.93. The van der Waals surface area contributed by atoms with Crippen molar-refractivity contribution < 1.29 is 14.3 Å². The van der Waals surface area contributed by atoms with Crippen molar-refractivity contribution in [1.29, 1.82) is 0 Å². The summed E-state index contributed by atoms with van der Waals surface area (Å²) in [6.45, 7) is 3.79. The molecule has 1 aromatic carbocycles. The zero-order valence-electron chi connectivity index (χ0n) is 16.7. The third-order valence-electron chi connectivity index (χ3n) is 7.37. The second kappa shape index (κ2) is 6.65. The van der Waals surface area contributed by atoms with Crippen molar-refractivity contribution in [3.05, 3.63) is 35.9 Å². The van der Waals surface area contributed by atoms with Crippen molar-refractivity contribution in [1.82, 2.24) is 4.90 Å². The first-order valence-corrected chi connectivity index (χ1v) is 10.3. The van der Waals surface area contributed by atoms with Crippen LogP contribution < -0.4 is 0 Å². The highest BCUT2D eigenvalue weighted by Gasteiger charge is 2.61. The van der Waals surface area contributed by atoms with Crippen LogP contribution in [-0.2, 0) is 19.7 Å². The molecule has 4 nitrogen and oxygen atoms in total. The Kier molecular flexibility index (Phi) is 4.56. The van der Waals surface area contributed by atoms with Gasteiger partial charge in [0, 0.05) is 13.1 Å². The molecule has 2 unspecified atom stereocenters. The maximum atomic E-state index is 13.2. The number of esters is 1. The normalized spacial score (nSPS) is 33.9. The molecule has 4 atom stereocenters. The second-order valence-corrected chi connectivity index (χ2v) is 9.56. The molecule has 4 heteroatoms. The Morgan fingerprint density at radius 3 is 2.33 bits per heavy atom. The van der Waals surface area contributed by atoms with Crippen LogP contribution in [0.3, 0.4) is 0 Å². The quantitative estimate of drug-likeness (QED) is 0.739. The van der Waals surface area contributed by atoms with Gasteiger partial charge in [0.2, 0.25) is 0 Å². The Morgan fingerprint density at radius 2 is 1.74 bits per heavy atom. The fraction of sp³-hybridized carbons (Fsp3) is 0.652. The number of ether oxygens (including phenoxy) is 1. The van der Waals surface area contributed by atoms with E-state index in [1.807, 2.05) is 13.8 Å². The number of likely N-dealkylation sites (N-methyl/N-ethyl adjacent to an activating group) is 1. The first-order valence-electron chi connectivity index (χ1n) is 10.3. The van der Waals surface area contributed by atoms with Crippen LogP contribution in [0, 0.1) is 17.3 Å². The molecule has 0 N–H and O–H groups in total. The van der Waals surface area contributed by atoms with Crippen LogP contribution in [0.15, 0.2) is 30.3 Å². The van der Waals surface area contributed by atoms with Gasteiger partial charge in [0.15, 0.2) is 6.61 Å². The molecule has 146 valence electrons. The van der Waals surface area contributed by atoms with Crippen molar-refractivity contribution in [3.63, 3.8) is 0 Å². The minimum absolute atomic E-state index is 0.108. The molecule has 4 saturated carbocycles. The second-order valence-electron chi connectivity index (χ2n) is 9.56. The Hall–Kier alpha value is -1.84. The van der Waals surface area contributed by atoms with E-state index in [2.05, 4.69) is 30.3 Å². The number of carbonyl (C=O) groups is 2. The van der Waals surface area contributed by atoms with E-state index in [-0.39, 0.29) is 29.9 Å². The monoisotopic (exact) mass is 369 g/mol. The lowest BCUT2D eigenvalue weighted by Crippen LogP contribution is -2.57. The third kappa shape index (κ3) is 3.17. The maximum Gasteiger partial charge on any atom is 0.312 e. The van der Waals surface area contributed by atoms with E-state index < -0.39 is 5.41 Å². The summed E-state index contributed by atoms with van der Waals surface area (Å²) in [5.41, 5.74) is 1.10. The molecule has 4 aliphatic carbocycles. The summed E-state index contributed by atoms with van der Waals surface area (Å²) in [5, 5.41) is 0. The highest BCUT2D eigenvalue weighted by molar-refractivity contribution is 5.83. The third-order valence-corrected chi connectivity index (χ3v) is 7.37. The average Bonchev–Trinajstić information content (AvgIpc) is 2.64. The molecule has 4 fully saturated rings. The van der Waals surface area contributed by atoms with Crippen LogP contribution in [0.25, 0.3) is 0 Å². The lowest BCUT2D eigenvalue weighted by Gasteiger charge is -2.61.